The third kappa shape index (κ3) is 4.43. The van der Waals surface area contributed by atoms with Gasteiger partial charge < -0.3 is 14.5 Å². The molecule has 0 bridgehead atoms. The Hall–Kier alpha value is -1.10. The third-order valence-corrected chi connectivity index (χ3v) is 4.58. The fraction of sp³-hybridized carbons (Fsp3) is 0.875. The van der Waals surface area contributed by atoms with Gasteiger partial charge in [0.1, 0.15) is 0 Å². The van der Waals surface area contributed by atoms with Gasteiger partial charge in [-0.3, -0.25) is 9.59 Å². The Kier molecular flexibility index (Phi) is 6.03. The van der Waals surface area contributed by atoms with Crippen LogP contribution < -0.4 is 0 Å². The minimum atomic E-state index is 0.250. The minimum Gasteiger partial charge on any atom is -0.375 e. The van der Waals surface area contributed by atoms with Crippen LogP contribution in [0.2, 0.25) is 0 Å². The Balaban J connectivity index is 1.68. The second-order valence-electron chi connectivity index (χ2n) is 6.00. The minimum absolute atomic E-state index is 0.250. The van der Waals surface area contributed by atoms with Gasteiger partial charge in [0.05, 0.1) is 12.2 Å². The van der Waals surface area contributed by atoms with Gasteiger partial charge in [0.15, 0.2) is 0 Å². The summed E-state index contributed by atoms with van der Waals surface area (Å²) in [6.07, 6.45) is 5.53. The molecule has 0 N–H and O–H groups in total. The van der Waals surface area contributed by atoms with E-state index in [0.717, 1.165) is 51.9 Å². The standard InChI is InChI=1S/C16H28N2O3/c1-3-15(19)17-9-5-13(6-10-17)21-14-7-11-18(12-8-14)16(20)4-2/h13-14H,3-12H2,1-2H3. The van der Waals surface area contributed by atoms with E-state index in [1.54, 1.807) is 0 Å². The first kappa shape index (κ1) is 16.3. The molecule has 0 aliphatic carbocycles. The highest BCUT2D eigenvalue weighted by molar-refractivity contribution is 5.76. The summed E-state index contributed by atoms with van der Waals surface area (Å²) in [5.41, 5.74) is 0. The van der Waals surface area contributed by atoms with Gasteiger partial charge in [0.25, 0.3) is 0 Å². The lowest BCUT2D eigenvalue weighted by molar-refractivity contribution is -0.136. The predicted octanol–water partition coefficient (Wildman–Crippen LogP) is 1.80. The maximum Gasteiger partial charge on any atom is 0.222 e. The largest absolute Gasteiger partial charge is 0.375 e. The lowest BCUT2D eigenvalue weighted by Gasteiger charge is -2.37. The Labute approximate surface area is 127 Å². The van der Waals surface area contributed by atoms with E-state index in [9.17, 15) is 9.59 Å². The van der Waals surface area contributed by atoms with Gasteiger partial charge in [-0.1, -0.05) is 13.8 Å². The van der Waals surface area contributed by atoms with Gasteiger partial charge in [-0.2, -0.15) is 0 Å². The van der Waals surface area contributed by atoms with E-state index >= 15 is 0 Å². The number of rotatable bonds is 4. The summed E-state index contributed by atoms with van der Waals surface area (Å²) in [4.78, 5) is 27.2. The van der Waals surface area contributed by atoms with Gasteiger partial charge in [0.2, 0.25) is 11.8 Å². The predicted molar refractivity (Wildman–Crippen MR) is 80.9 cm³/mol. The van der Waals surface area contributed by atoms with Crippen LogP contribution in [0.25, 0.3) is 0 Å². The normalized spacial score (nSPS) is 21.6. The lowest BCUT2D eigenvalue weighted by Crippen LogP contribution is -2.44. The smallest absolute Gasteiger partial charge is 0.222 e. The van der Waals surface area contributed by atoms with Crippen LogP contribution in [0.1, 0.15) is 52.4 Å². The fourth-order valence-electron chi connectivity index (χ4n) is 3.20. The van der Waals surface area contributed by atoms with E-state index in [1.807, 2.05) is 23.6 Å². The maximum absolute atomic E-state index is 11.6. The molecule has 5 nitrogen and oxygen atoms in total. The number of amides is 2. The van der Waals surface area contributed by atoms with E-state index in [0.29, 0.717) is 12.8 Å². The van der Waals surface area contributed by atoms with E-state index in [2.05, 4.69) is 0 Å². The fourth-order valence-corrected chi connectivity index (χ4v) is 3.20. The van der Waals surface area contributed by atoms with Crippen molar-refractivity contribution in [3.63, 3.8) is 0 Å². The number of piperidine rings is 2. The molecule has 0 radical (unpaired) electrons. The number of hydrogen-bond donors (Lipinski definition) is 0. The first-order valence-corrected chi connectivity index (χ1v) is 8.35. The summed E-state index contributed by atoms with van der Waals surface area (Å²) < 4.78 is 6.18. The highest BCUT2D eigenvalue weighted by Crippen LogP contribution is 2.21. The van der Waals surface area contributed by atoms with Crippen molar-refractivity contribution >= 4 is 11.8 Å². The molecule has 120 valence electrons. The highest BCUT2D eigenvalue weighted by atomic mass is 16.5. The molecule has 0 unspecified atom stereocenters. The van der Waals surface area contributed by atoms with Crippen LogP contribution in [0.4, 0.5) is 0 Å². The van der Waals surface area contributed by atoms with Crippen LogP contribution in [0.5, 0.6) is 0 Å². The van der Waals surface area contributed by atoms with Crippen LogP contribution >= 0.6 is 0 Å². The van der Waals surface area contributed by atoms with Crippen LogP contribution in [0.3, 0.4) is 0 Å². The summed E-state index contributed by atoms with van der Waals surface area (Å²) in [7, 11) is 0. The molecule has 2 saturated heterocycles. The summed E-state index contributed by atoms with van der Waals surface area (Å²) in [5, 5.41) is 0. The molecule has 0 aromatic rings. The van der Waals surface area contributed by atoms with Crippen molar-refractivity contribution in [1.82, 2.24) is 9.80 Å². The molecule has 0 saturated carbocycles. The Bertz CT molecular complexity index is 323. The van der Waals surface area contributed by atoms with Crippen LogP contribution in [-0.2, 0) is 14.3 Å². The number of ether oxygens (including phenoxy) is 1. The maximum atomic E-state index is 11.6. The quantitative estimate of drug-likeness (QED) is 0.795. The molecule has 0 aromatic heterocycles. The molecule has 5 heteroatoms. The van der Waals surface area contributed by atoms with Crippen molar-refractivity contribution in [2.24, 2.45) is 0 Å². The molecular formula is C16H28N2O3. The van der Waals surface area contributed by atoms with Crippen molar-refractivity contribution in [3.05, 3.63) is 0 Å². The average molecular weight is 296 g/mol. The monoisotopic (exact) mass is 296 g/mol. The topological polar surface area (TPSA) is 49.9 Å². The van der Waals surface area contributed by atoms with Crippen molar-refractivity contribution in [2.75, 3.05) is 26.2 Å². The van der Waals surface area contributed by atoms with Crippen molar-refractivity contribution in [1.29, 1.82) is 0 Å². The van der Waals surface area contributed by atoms with Crippen LogP contribution in [0, 0.1) is 0 Å². The zero-order chi connectivity index (χ0) is 15.2. The van der Waals surface area contributed by atoms with Gasteiger partial charge in [-0.25, -0.2) is 0 Å². The molecule has 2 rings (SSSR count). The van der Waals surface area contributed by atoms with Crippen molar-refractivity contribution < 1.29 is 14.3 Å². The zero-order valence-electron chi connectivity index (χ0n) is 13.3. The SMILES string of the molecule is CCC(=O)N1CCC(OC2CCN(C(=O)CC)CC2)CC1. The number of nitrogens with zero attached hydrogens (tertiary/aromatic N) is 2. The third-order valence-electron chi connectivity index (χ3n) is 4.58. The zero-order valence-corrected chi connectivity index (χ0v) is 13.3. The number of carbonyl (C=O) groups excluding carboxylic acids is 2. The number of hydrogen-bond acceptors (Lipinski definition) is 3. The molecule has 0 aromatic carbocycles. The van der Waals surface area contributed by atoms with Crippen LogP contribution in [-0.4, -0.2) is 60.0 Å². The van der Waals surface area contributed by atoms with Gasteiger partial charge in [0, 0.05) is 39.0 Å². The second kappa shape index (κ2) is 7.78. The van der Waals surface area contributed by atoms with Gasteiger partial charge in [-0.15, -0.1) is 0 Å². The van der Waals surface area contributed by atoms with Crippen molar-refractivity contribution in [3.8, 4) is 0 Å². The Morgan fingerprint density at radius 2 is 1.14 bits per heavy atom. The van der Waals surface area contributed by atoms with E-state index in [4.69, 9.17) is 4.74 Å². The molecule has 2 amide bonds. The summed E-state index contributed by atoms with van der Waals surface area (Å²) in [5.74, 6) is 0.500. The molecule has 2 aliphatic heterocycles. The number of likely N-dealkylation sites (tertiary alicyclic amines) is 2. The Morgan fingerprint density at radius 3 is 1.43 bits per heavy atom. The van der Waals surface area contributed by atoms with Gasteiger partial charge in [-0.05, 0) is 25.7 Å². The average Bonchev–Trinajstić information content (AvgIpc) is 2.55. The van der Waals surface area contributed by atoms with Crippen molar-refractivity contribution in [2.45, 2.75) is 64.6 Å². The Morgan fingerprint density at radius 1 is 0.810 bits per heavy atom. The first-order chi connectivity index (χ1) is 10.1. The number of carbonyl (C=O) groups is 2. The summed E-state index contributed by atoms with van der Waals surface area (Å²) >= 11 is 0. The molecule has 2 fully saturated rings. The molecular weight excluding hydrogens is 268 g/mol. The molecule has 2 aliphatic rings. The molecule has 21 heavy (non-hydrogen) atoms. The lowest BCUT2D eigenvalue weighted by atomic mass is 10.0. The molecule has 0 spiro atoms. The van der Waals surface area contributed by atoms with Gasteiger partial charge >= 0.3 is 0 Å². The van der Waals surface area contributed by atoms with E-state index in [-0.39, 0.29) is 24.0 Å². The highest BCUT2D eigenvalue weighted by Gasteiger charge is 2.27. The van der Waals surface area contributed by atoms with E-state index < -0.39 is 0 Å². The van der Waals surface area contributed by atoms with Crippen LogP contribution in [0.15, 0.2) is 0 Å². The van der Waals surface area contributed by atoms with E-state index in [1.165, 1.54) is 0 Å². The summed E-state index contributed by atoms with van der Waals surface area (Å²) in [6, 6.07) is 0. The summed E-state index contributed by atoms with van der Waals surface area (Å²) in [6.45, 7) is 7.12. The molecule has 2 heterocycles. The first-order valence-electron chi connectivity index (χ1n) is 8.35. The molecule has 0 atom stereocenters. The second-order valence-corrected chi connectivity index (χ2v) is 6.00.